The monoisotopic (exact) mass is 852 g/mol. The van der Waals surface area contributed by atoms with Crippen LogP contribution in [0.3, 0.4) is 0 Å². The third-order valence-corrected chi connectivity index (χ3v) is 13.4. The average molecular weight is 853 g/mol. The molecule has 21 heteroatoms. The van der Waals surface area contributed by atoms with Gasteiger partial charge in [-0.05, 0) is 33.4 Å². The number of carbonyl (C=O) groups is 3. The lowest BCUT2D eigenvalue weighted by Crippen LogP contribution is -2.67. The van der Waals surface area contributed by atoms with E-state index < -0.39 is 78.0 Å². The summed E-state index contributed by atoms with van der Waals surface area (Å²) < 4.78 is 113. The van der Waals surface area contributed by atoms with E-state index in [-0.39, 0.29) is 39.6 Å². The van der Waals surface area contributed by atoms with Crippen LogP contribution >= 0.6 is 23.5 Å². The minimum atomic E-state index is -4.78. The fourth-order valence-corrected chi connectivity index (χ4v) is 10.6. The standard InChI is InChI=1S/C36H39O18P3/c1-22(37)49-31-32(50-23(2)38)35(53-56(41)45-18-27-12-6-7-13-28(27)19-46-56)36(54-57(42)47-20-29-14-8-9-15-30(29)21-48-57)33(51-24(3)39)34(31)52-55(40)43-16-25-10-4-5-11-26(25)17-44-55/h4-15,31-36H,16-21H2,1-3H3/t31-,32-,33-,34+,35+,36-/m0/s1. The van der Waals surface area contributed by atoms with Crippen LogP contribution in [0.5, 0.6) is 0 Å². The van der Waals surface area contributed by atoms with E-state index in [2.05, 4.69) is 0 Å². The smallest absolute Gasteiger partial charge is 0.457 e. The second-order valence-corrected chi connectivity index (χ2v) is 18.1. The van der Waals surface area contributed by atoms with Crippen molar-refractivity contribution in [2.75, 3.05) is 0 Å². The lowest BCUT2D eigenvalue weighted by atomic mass is 9.84. The van der Waals surface area contributed by atoms with Gasteiger partial charge in [-0.3, -0.25) is 55.1 Å². The summed E-state index contributed by atoms with van der Waals surface area (Å²) >= 11 is 0. The van der Waals surface area contributed by atoms with E-state index in [1.54, 1.807) is 72.8 Å². The lowest BCUT2D eigenvalue weighted by molar-refractivity contribution is -0.240. The van der Waals surface area contributed by atoms with Crippen LogP contribution < -0.4 is 0 Å². The van der Waals surface area contributed by atoms with E-state index >= 15 is 0 Å². The molecule has 306 valence electrons. The van der Waals surface area contributed by atoms with Gasteiger partial charge in [-0.15, -0.1) is 0 Å². The van der Waals surface area contributed by atoms with E-state index in [1.165, 1.54) is 0 Å². The zero-order valence-electron chi connectivity index (χ0n) is 30.8. The molecule has 0 aromatic heterocycles. The summed E-state index contributed by atoms with van der Waals surface area (Å²) in [5.41, 5.74) is 3.73. The van der Waals surface area contributed by atoms with Crippen LogP contribution in [0.1, 0.15) is 54.2 Å². The van der Waals surface area contributed by atoms with Gasteiger partial charge < -0.3 is 14.2 Å². The molecule has 3 aromatic carbocycles. The number of ether oxygens (including phenoxy) is 3. The first kappa shape index (κ1) is 41.6. The van der Waals surface area contributed by atoms with Crippen molar-refractivity contribution in [2.24, 2.45) is 0 Å². The number of hydrogen-bond donors (Lipinski definition) is 0. The SMILES string of the molecule is CC(=O)O[C@H]1[C@H](OC(C)=O)[C@@H](OP2(=O)OCc3ccccc3CO2)[C@@H](OP2(=O)OCc3ccccc3CO2)[C@@H](OC(C)=O)[C@@H]1OP1(=O)OCc2ccccc2CO1. The van der Waals surface area contributed by atoms with Gasteiger partial charge in [-0.1, -0.05) is 72.8 Å². The highest BCUT2D eigenvalue weighted by Gasteiger charge is 2.63. The van der Waals surface area contributed by atoms with E-state index in [0.29, 0.717) is 33.4 Å². The molecule has 0 unspecified atom stereocenters. The molecule has 7 rings (SSSR count). The Morgan fingerprint density at radius 3 is 0.807 bits per heavy atom. The fourth-order valence-electron chi connectivity index (χ4n) is 6.61. The average Bonchev–Trinajstić information content (AvgIpc) is 3.54. The summed E-state index contributed by atoms with van der Waals surface area (Å²) in [6, 6.07) is 20.8. The van der Waals surface area contributed by atoms with Crippen molar-refractivity contribution < 1.29 is 83.0 Å². The van der Waals surface area contributed by atoms with Crippen molar-refractivity contribution >= 4 is 41.4 Å². The Balaban J connectivity index is 1.32. The molecule has 0 radical (unpaired) electrons. The fraction of sp³-hybridized carbons (Fsp3) is 0.417. The quantitative estimate of drug-likeness (QED) is 0.127. The van der Waals surface area contributed by atoms with Gasteiger partial charge in [0.05, 0.1) is 39.6 Å². The molecule has 57 heavy (non-hydrogen) atoms. The van der Waals surface area contributed by atoms with Crippen LogP contribution in [-0.4, -0.2) is 54.5 Å². The second kappa shape index (κ2) is 17.3. The van der Waals surface area contributed by atoms with E-state index in [1.807, 2.05) is 0 Å². The van der Waals surface area contributed by atoms with Gasteiger partial charge in [0.25, 0.3) is 0 Å². The molecular weight excluding hydrogens is 813 g/mol. The van der Waals surface area contributed by atoms with Crippen molar-refractivity contribution in [3.05, 3.63) is 106 Å². The third-order valence-electron chi connectivity index (χ3n) is 9.23. The highest BCUT2D eigenvalue weighted by molar-refractivity contribution is 7.49. The van der Waals surface area contributed by atoms with Gasteiger partial charge in [0.2, 0.25) is 0 Å². The summed E-state index contributed by atoms with van der Waals surface area (Å²) in [7, 11) is -14.3. The molecule has 1 aliphatic carbocycles. The van der Waals surface area contributed by atoms with Crippen LogP contribution in [0.25, 0.3) is 0 Å². The van der Waals surface area contributed by atoms with E-state index in [0.717, 1.165) is 20.8 Å². The minimum absolute atomic E-state index is 0.257. The van der Waals surface area contributed by atoms with Crippen LogP contribution in [0, 0.1) is 0 Å². The molecule has 1 fully saturated rings. The first-order valence-electron chi connectivity index (χ1n) is 17.7. The molecular formula is C36H39O18P3. The molecule has 0 amide bonds. The van der Waals surface area contributed by atoms with Gasteiger partial charge in [-0.2, -0.15) is 0 Å². The number of rotatable bonds is 9. The molecule has 0 N–H and O–H groups in total. The predicted octanol–water partition coefficient (Wildman–Crippen LogP) is 6.52. The van der Waals surface area contributed by atoms with Crippen molar-refractivity contribution in [1.29, 1.82) is 0 Å². The Labute approximate surface area is 327 Å². The van der Waals surface area contributed by atoms with E-state index in [4.69, 9.17) is 54.9 Å². The Morgan fingerprint density at radius 1 is 0.404 bits per heavy atom. The number of fused-ring (bicyclic) bond motifs is 3. The first-order chi connectivity index (χ1) is 27.2. The summed E-state index contributed by atoms with van der Waals surface area (Å²) in [5.74, 6) is -2.97. The largest absolute Gasteiger partial charge is 0.475 e. The molecule has 3 aliphatic heterocycles. The number of hydrogen-bond acceptors (Lipinski definition) is 18. The van der Waals surface area contributed by atoms with Gasteiger partial charge in [0.15, 0.2) is 18.3 Å². The van der Waals surface area contributed by atoms with Crippen molar-refractivity contribution in [1.82, 2.24) is 0 Å². The van der Waals surface area contributed by atoms with Crippen LogP contribution in [-0.2, 0) is 123 Å². The highest BCUT2D eigenvalue weighted by atomic mass is 31.2. The summed E-state index contributed by atoms with van der Waals surface area (Å²) in [4.78, 5) is 38.6. The van der Waals surface area contributed by atoms with Crippen molar-refractivity contribution in [2.45, 2.75) is 97.0 Å². The van der Waals surface area contributed by atoms with Crippen LogP contribution in [0.4, 0.5) is 0 Å². The highest BCUT2D eigenvalue weighted by Crippen LogP contribution is 2.61. The zero-order chi connectivity index (χ0) is 40.4. The maximum Gasteiger partial charge on any atom is 0.475 e. The molecule has 18 nitrogen and oxygen atoms in total. The van der Waals surface area contributed by atoms with Gasteiger partial charge in [0.1, 0.15) is 18.3 Å². The van der Waals surface area contributed by atoms with Crippen molar-refractivity contribution in [3.63, 3.8) is 0 Å². The number of benzene rings is 3. The summed E-state index contributed by atoms with van der Waals surface area (Å²) in [6.07, 6.45) is -11.8. The van der Waals surface area contributed by atoms with Crippen LogP contribution in [0.15, 0.2) is 72.8 Å². The van der Waals surface area contributed by atoms with Crippen molar-refractivity contribution in [3.8, 4) is 0 Å². The van der Waals surface area contributed by atoms with E-state index in [9.17, 15) is 28.1 Å². The first-order valence-corrected chi connectivity index (χ1v) is 22.0. The zero-order valence-corrected chi connectivity index (χ0v) is 33.5. The molecule has 6 atom stereocenters. The Morgan fingerprint density at radius 2 is 0.596 bits per heavy atom. The third kappa shape index (κ3) is 9.82. The Kier molecular flexibility index (Phi) is 12.6. The molecule has 4 aliphatic rings. The maximum absolute atomic E-state index is 14.5. The number of carbonyl (C=O) groups excluding carboxylic acids is 3. The number of phosphoric ester groups is 3. The molecule has 1 saturated carbocycles. The Hall–Kier alpha value is -3.60. The summed E-state index contributed by atoms with van der Waals surface area (Å²) in [5, 5.41) is 0. The molecule has 0 saturated heterocycles. The molecule has 3 heterocycles. The summed E-state index contributed by atoms with van der Waals surface area (Å²) in [6.45, 7) is 1.45. The van der Waals surface area contributed by atoms with Gasteiger partial charge in [-0.25, -0.2) is 13.7 Å². The number of phosphoric acid groups is 3. The number of esters is 3. The molecule has 3 aromatic rings. The molecule has 0 spiro atoms. The van der Waals surface area contributed by atoms with Gasteiger partial charge >= 0.3 is 41.4 Å². The van der Waals surface area contributed by atoms with Crippen LogP contribution in [0.2, 0.25) is 0 Å². The Bertz CT molecular complexity index is 2050. The second-order valence-electron chi connectivity index (χ2n) is 13.2. The minimum Gasteiger partial charge on any atom is -0.457 e. The topological polar surface area (TPSA) is 213 Å². The lowest BCUT2D eigenvalue weighted by Gasteiger charge is -2.48. The van der Waals surface area contributed by atoms with Gasteiger partial charge in [0, 0.05) is 20.8 Å². The predicted molar refractivity (Wildman–Crippen MR) is 192 cm³/mol. The maximum atomic E-state index is 14.5. The molecule has 0 bridgehead atoms. The normalized spacial score (nSPS) is 27.4.